The molecular formula is C18H8O7. The first-order chi connectivity index (χ1) is 11.9. The molecule has 0 amide bonds. The van der Waals surface area contributed by atoms with Crippen LogP contribution >= 0.6 is 0 Å². The fourth-order valence-electron chi connectivity index (χ4n) is 2.82. The summed E-state index contributed by atoms with van der Waals surface area (Å²) in [4.78, 5) is 58.7. The molecule has 0 atom stereocenters. The lowest BCUT2D eigenvalue weighted by Crippen LogP contribution is -2.23. The molecule has 0 radical (unpaired) electrons. The fourth-order valence-corrected chi connectivity index (χ4v) is 2.82. The van der Waals surface area contributed by atoms with E-state index in [4.69, 9.17) is 0 Å². The van der Waals surface area contributed by atoms with Crippen molar-refractivity contribution in [2.24, 2.45) is 0 Å². The zero-order chi connectivity index (χ0) is 17.7. The molecule has 0 saturated carbocycles. The Kier molecular flexibility index (Phi) is 3.11. The van der Waals surface area contributed by atoms with Crippen LogP contribution < -0.4 is 0 Å². The average molecular weight is 336 g/mol. The van der Waals surface area contributed by atoms with Crippen molar-refractivity contribution in [3.05, 3.63) is 69.8 Å². The van der Waals surface area contributed by atoms with E-state index < -0.39 is 29.7 Å². The van der Waals surface area contributed by atoms with Gasteiger partial charge in [-0.25, -0.2) is 14.4 Å². The minimum Gasteiger partial charge on any atom is -0.389 e. The third-order valence-electron chi connectivity index (χ3n) is 4.04. The van der Waals surface area contributed by atoms with Crippen LogP contribution in [0.15, 0.2) is 36.4 Å². The van der Waals surface area contributed by atoms with Gasteiger partial charge in [-0.05, 0) is 29.8 Å². The van der Waals surface area contributed by atoms with Crippen molar-refractivity contribution in [2.45, 2.75) is 6.42 Å². The molecule has 0 spiro atoms. The molecule has 4 rings (SSSR count). The number of hydrogen-bond acceptors (Lipinski definition) is 7. The molecule has 7 heteroatoms. The molecule has 122 valence electrons. The lowest BCUT2D eigenvalue weighted by molar-refractivity contribution is -0.137. The van der Waals surface area contributed by atoms with Gasteiger partial charge in [-0.1, -0.05) is 12.1 Å². The van der Waals surface area contributed by atoms with Crippen molar-refractivity contribution >= 4 is 29.7 Å². The molecule has 0 N–H and O–H groups in total. The van der Waals surface area contributed by atoms with Gasteiger partial charge >= 0.3 is 23.9 Å². The van der Waals surface area contributed by atoms with Crippen LogP contribution in [-0.4, -0.2) is 29.7 Å². The first-order valence-corrected chi connectivity index (χ1v) is 7.27. The zero-order valence-electron chi connectivity index (χ0n) is 12.5. The van der Waals surface area contributed by atoms with E-state index in [0.717, 1.165) is 0 Å². The van der Waals surface area contributed by atoms with E-state index >= 15 is 0 Å². The molecule has 0 bridgehead atoms. The molecule has 2 aliphatic heterocycles. The van der Waals surface area contributed by atoms with Gasteiger partial charge in [0.1, 0.15) is 0 Å². The van der Waals surface area contributed by atoms with Gasteiger partial charge < -0.3 is 9.47 Å². The lowest BCUT2D eigenvalue weighted by Gasteiger charge is -2.14. The highest BCUT2D eigenvalue weighted by molar-refractivity contribution is 6.17. The number of benzene rings is 2. The maximum atomic E-state index is 12.6. The van der Waals surface area contributed by atoms with Crippen LogP contribution in [0.5, 0.6) is 0 Å². The summed E-state index contributed by atoms with van der Waals surface area (Å²) in [6, 6.07) is 8.38. The highest BCUT2D eigenvalue weighted by atomic mass is 16.6. The topological polar surface area (TPSA) is 104 Å². The number of carbonyl (C=O) groups is 5. The van der Waals surface area contributed by atoms with Gasteiger partial charge in [0.2, 0.25) is 0 Å². The molecule has 2 aliphatic rings. The Morgan fingerprint density at radius 2 is 1.32 bits per heavy atom. The second-order valence-electron chi connectivity index (χ2n) is 5.58. The Morgan fingerprint density at radius 1 is 0.720 bits per heavy atom. The molecule has 0 aromatic heterocycles. The van der Waals surface area contributed by atoms with Crippen LogP contribution in [0.25, 0.3) is 0 Å². The van der Waals surface area contributed by atoms with Crippen LogP contribution in [0.4, 0.5) is 0 Å². The van der Waals surface area contributed by atoms with Gasteiger partial charge in [0.05, 0.1) is 23.1 Å². The van der Waals surface area contributed by atoms with Crippen LogP contribution in [-0.2, 0) is 20.7 Å². The normalized spacial score (nSPS) is 15.4. The van der Waals surface area contributed by atoms with Crippen LogP contribution in [0.2, 0.25) is 0 Å². The molecule has 0 fully saturated rings. The zero-order valence-corrected chi connectivity index (χ0v) is 12.5. The number of esters is 4. The predicted octanol–water partition coefficient (Wildman–Crippen LogP) is 1.47. The largest absolute Gasteiger partial charge is 0.389 e. The molecule has 0 aliphatic carbocycles. The third-order valence-corrected chi connectivity index (χ3v) is 4.04. The number of ketones is 1. The quantitative estimate of drug-likeness (QED) is 0.464. The van der Waals surface area contributed by atoms with Crippen molar-refractivity contribution in [3.63, 3.8) is 0 Å². The molecule has 2 heterocycles. The van der Waals surface area contributed by atoms with Gasteiger partial charge in [0, 0.05) is 11.1 Å². The van der Waals surface area contributed by atoms with Crippen molar-refractivity contribution in [3.8, 4) is 0 Å². The molecular weight excluding hydrogens is 328 g/mol. The van der Waals surface area contributed by atoms with Crippen LogP contribution in [0.1, 0.15) is 52.6 Å². The Labute approximate surface area is 140 Å². The number of cyclic esters (lactones) is 4. The van der Waals surface area contributed by atoms with Gasteiger partial charge in [0.25, 0.3) is 0 Å². The molecule has 7 nitrogen and oxygen atoms in total. The monoisotopic (exact) mass is 336 g/mol. The highest BCUT2D eigenvalue weighted by Crippen LogP contribution is 2.24. The molecule has 2 aromatic carbocycles. The smallest absolute Gasteiger partial charge is 0.346 e. The summed E-state index contributed by atoms with van der Waals surface area (Å²) in [6.45, 7) is 0. The summed E-state index contributed by atoms with van der Waals surface area (Å²) in [5.41, 5.74) is 1.23. The minimum absolute atomic E-state index is 0.0348. The number of rotatable bonds is 2. The van der Waals surface area contributed by atoms with E-state index in [1.165, 1.54) is 36.4 Å². The Bertz CT molecular complexity index is 1020. The highest BCUT2D eigenvalue weighted by Gasteiger charge is 2.31. The van der Waals surface area contributed by atoms with Crippen molar-refractivity contribution in [1.82, 2.24) is 0 Å². The van der Waals surface area contributed by atoms with Crippen molar-refractivity contribution in [2.75, 3.05) is 0 Å². The summed E-state index contributed by atoms with van der Waals surface area (Å²) in [6.07, 6.45) is -0.104. The van der Waals surface area contributed by atoms with E-state index in [-0.39, 0.29) is 34.2 Å². The maximum Gasteiger partial charge on any atom is 0.346 e. The summed E-state index contributed by atoms with van der Waals surface area (Å²) in [5.74, 6) is -3.38. The van der Waals surface area contributed by atoms with Crippen LogP contribution in [0.3, 0.4) is 0 Å². The number of carbonyl (C=O) groups excluding carboxylic acids is 5. The number of fused-ring (bicyclic) bond motifs is 2. The predicted molar refractivity (Wildman–Crippen MR) is 80.2 cm³/mol. The van der Waals surface area contributed by atoms with E-state index in [0.29, 0.717) is 5.56 Å². The summed E-state index contributed by atoms with van der Waals surface area (Å²) >= 11 is 0. The van der Waals surface area contributed by atoms with Gasteiger partial charge in [-0.3, -0.25) is 9.59 Å². The Balaban J connectivity index is 1.73. The fraction of sp³-hybridized carbons (Fsp3) is 0.0556. The Hall–Kier alpha value is -3.61. The second kappa shape index (κ2) is 5.20. The number of ether oxygens (including phenoxy) is 2. The van der Waals surface area contributed by atoms with E-state index in [2.05, 4.69) is 9.47 Å². The molecule has 0 unspecified atom stereocenters. The van der Waals surface area contributed by atoms with Gasteiger partial charge in [-0.2, -0.15) is 0 Å². The van der Waals surface area contributed by atoms with Crippen molar-refractivity contribution < 1.29 is 33.4 Å². The third kappa shape index (κ3) is 2.33. The molecule has 25 heavy (non-hydrogen) atoms. The van der Waals surface area contributed by atoms with Crippen LogP contribution in [0, 0.1) is 0 Å². The van der Waals surface area contributed by atoms with E-state index in [1.54, 1.807) is 0 Å². The second-order valence-corrected chi connectivity index (χ2v) is 5.58. The first-order valence-electron chi connectivity index (χ1n) is 7.27. The van der Waals surface area contributed by atoms with Gasteiger partial charge in [0.15, 0.2) is 5.78 Å². The SMILES string of the molecule is O=C1Cc2cc(C(=O)c3ccc4c(c3)C(=O)OC4=O)ccc2C(=O)O1. The Morgan fingerprint density at radius 3 is 2.08 bits per heavy atom. The first kappa shape index (κ1) is 14.9. The summed E-state index contributed by atoms with van der Waals surface area (Å²) in [7, 11) is 0. The minimum atomic E-state index is -0.798. The molecule has 2 aromatic rings. The van der Waals surface area contributed by atoms with E-state index in [9.17, 15) is 24.0 Å². The van der Waals surface area contributed by atoms with Crippen molar-refractivity contribution in [1.29, 1.82) is 0 Å². The van der Waals surface area contributed by atoms with E-state index in [1.807, 2.05) is 0 Å². The summed E-state index contributed by atoms with van der Waals surface area (Å²) in [5, 5.41) is 0. The summed E-state index contributed by atoms with van der Waals surface area (Å²) < 4.78 is 9.02. The molecule has 0 saturated heterocycles. The maximum absolute atomic E-state index is 12.6. The standard InChI is InChI=1S/C18H8O7/c19-14-7-10-5-8(1-3-11(10)16(21)24-14)15(20)9-2-4-12-13(6-9)18(23)25-17(12)22/h1-6H,7H2. The number of hydrogen-bond donors (Lipinski definition) is 0. The average Bonchev–Trinajstić information content (AvgIpc) is 2.87. The lowest BCUT2D eigenvalue weighted by atomic mass is 9.94. The van der Waals surface area contributed by atoms with Gasteiger partial charge in [-0.15, -0.1) is 0 Å².